The number of nitrogens with one attached hydrogen (secondary N) is 2. The molecule has 0 unspecified atom stereocenters. The summed E-state index contributed by atoms with van der Waals surface area (Å²) in [5.41, 5.74) is 1.57. The predicted octanol–water partition coefficient (Wildman–Crippen LogP) is 3.08. The highest BCUT2D eigenvalue weighted by molar-refractivity contribution is 8.00. The number of carbonyl (C=O) groups excluding carboxylic acids is 1. The van der Waals surface area contributed by atoms with Crippen molar-refractivity contribution in [2.45, 2.75) is 17.2 Å². The maximum Gasteiger partial charge on any atom is 0.237 e. The first-order chi connectivity index (χ1) is 10.2. The Morgan fingerprint density at radius 3 is 3.00 bits per heavy atom. The largest absolute Gasteiger partial charge is 0.323 e. The second-order valence-electron chi connectivity index (χ2n) is 4.56. The minimum absolute atomic E-state index is 0.0623. The van der Waals surface area contributed by atoms with Gasteiger partial charge in [0.15, 0.2) is 0 Å². The van der Waals surface area contributed by atoms with Gasteiger partial charge in [0, 0.05) is 11.6 Å². The number of carbonyl (C=O) groups is 1. The summed E-state index contributed by atoms with van der Waals surface area (Å²) in [5.74, 6) is -0.0623. The lowest BCUT2D eigenvalue weighted by molar-refractivity contribution is -0.115. The standard InChI is InChI=1S/C15H14N4OS/c1-10(21-13-7-2-3-8-16-13)15(20)18-12-6-4-5-11-9-17-19-14(11)12/h2-10H,1H3,(H,17,19)(H,18,20)/t10-/m1/s1. The number of hydrogen-bond acceptors (Lipinski definition) is 4. The average Bonchev–Trinajstić information content (AvgIpc) is 2.98. The Balaban J connectivity index is 1.72. The fourth-order valence-electron chi connectivity index (χ4n) is 1.96. The lowest BCUT2D eigenvalue weighted by atomic mass is 10.2. The van der Waals surface area contributed by atoms with Gasteiger partial charge in [-0.2, -0.15) is 5.10 Å². The second kappa shape index (κ2) is 5.97. The van der Waals surface area contributed by atoms with E-state index >= 15 is 0 Å². The molecule has 0 saturated carbocycles. The van der Waals surface area contributed by atoms with Gasteiger partial charge in [-0.15, -0.1) is 0 Å². The van der Waals surface area contributed by atoms with Gasteiger partial charge in [0.2, 0.25) is 5.91 Å². The van der Waals surface area contributed by atoms with E-state index in [-0.39, 0.29) is 11.2 Å². The van der Waals surface area contributed by atoms with E-state index in [0.29, 0.717) is 0 Å². The van der Waals surface area contributed by atoms with E-state index in [2.05, 4.69) is 20.5 Å². The zero-order valence-electron chi connectivity index (χ0n) is 11.4. The quantitative estimate of drug-likeness (QED) is 0.726. The monoisotopic (exact) mass is 298 g/mol. The highest BCUT2D eigenvalue weighted by Gasteiger charge is 2.16. The van der Waals surface area contributed by atoms with Crippen LogP contribution in [0.5, 0.6) is 0 Å². The summed E-state index contributed by atoms with van der Waals surface area (Å²) < 4.78 is 0. The number of nitrogens with zero attached hydrogens (tertiary/aromatic N) is 2. The van der Waals surface area contributed by atoms with E-state index in [4.69, 9.17) is 0 Å². The third kappa shape index (κ3) is 3.05. The lowest BCUT2D eigenvalue weighted by Gasteiger charge is -2.11. The summed E-state index contributed by atoms with van der Waals surface area (Å²) in [4.78, 5) is 16.5. The number of anilines is 1. The van der Waals surface area contributed by atoms with Crippen molar-refractivity contribution in [3.63, 3.8) is 0 Å². The number of aromatic amines is 1. The fraction of sp³-hybridized carbons (Fsp3) is 0.133. The van der Waals surface area contributed by atoms with Crippen LogP contribution in [0, 0.1) is 0 Å². The number of fused-ring (bicyclic) bond motifs is 1. The number of para-hydroxylation sites is 1. The molecule has 0 bridgehead atoms. The molecule has 0 aliphatic heterocycles. The molecule has 2 N–H and O–H groups in total. The minimum atomic E-state index is -0.238. The molecule has 1 aromatic carbocycles. The van der Waals surface area contributed by atoms with Gasteiger partial charge in [0.25, 0.3) is 0 Å². The van der Waals surface area contributed by atoms with Gasteiger partial charge in [0.1, 0.15) is 0 Å². The first kappa shape index (κ1) is 13.6. The van der Waals surface area contributed by atoms with Crippen LogP contribution in [0.4, 0.5) is 5.69 Å². The highest BCUT2D eigenvalue weighted by Crippen LogP contribution is 2.24. The van der Waals surface area contributed by atoms with Crippen molar-refractivity contribution in [2.24, 2.45) is 0 Å². The number of pyridine rings is 1. The van der Waals surface area contributed by atoms with E-state index in [1.54, 1.807) is 12.4 Å². The molecule has 0 radical (unpaired) electrons. The Kier molecular flexibility index (Phi) is 3.87. The van der Waals surface area contributed by atoms with Crippen LogP contribution in [-0.4, -0.2) is 26.3 Å². The summed E-state index contributed by atoms with van der Waals surface area (Å²) in [7, 11) is 0. The minimum Gasteiger partial charge on any atom is -0.323 e. The zero-order chi connectivity index (χ0) is 14.7. The molecule has 3 aromatic rings. The van der Waals surface area contributed by atoms with Gasteiger partial charge in [-0.05, 0) is 25.1 Å². The summed E-state index contributed by atoms with van der Waals surface area (Å²) in [5, 5.41) is 11.4. The number of rotatable bonds is 4. The summed E-state index contributed by atoms with van der Waals surface area (Å²) in [6.45, 7) is 1.86. The van der Waals surface area contributed by atoms with Crippen LogP contribution in [-0.2, 0) is 4.79 Å². The molecule has 0 fully saturated rings. The zero-order valence-corrected chi connectivity index (χ0v) is 12.2. The van der Waals surface area contributed by atoms with E-state index in [0.717, 1.165) is 21.6 Å². The number of amides is 1. The van der Waals surface area contributed by atoms with Crippen LogP contribution in [0.3, 0.4) is 0 Å². The van der Waals surface area contributed by atoms with Gasteiger partial charge in [0.05, 0.1) is 27.7 Å². The molecule has 21 heavy (non-hydrogen) atoms. The SMILES string of the molecule is C[C@@H](Sc1ccccn1)C(=O)Nc1cccc2cn[nH]c12. The van der Waals surface area contributed by atoms with Crippen molar-refractivity contribution in [2.75, 3.05) is 5.32 Å². The molecule has 6 heteroatoms. The van der Waals surface area contributed by atoms with Crippen LogP contribution < -0.4 is 5.32 Å². The molecule has 1 atom stereocenters. The molecule has 0 aliphatic carbocycles. The molecule has 0 saturated heterocycles. The molecule has 5 nitrogen and oxygen atoms in total. The van der Waals surface area contributed by atoms with E-state index in [1.165, 1.54) is 11.8 Å². The van der Waals surface area contributed by atoms with Crippen LogP contribution in [0.2, 0.25) is 0 Å². The third-order valence-electron chi connectivity index (χ3n) is 3.04. The fourth-order valence-corrected chi connectivity index (χ4v) is 2.77. The van der Waals surface area contributed by atoms with Gasteiger partial charge in [-0.1, -0.05) is 30.0 Å². The smallest absolute Gasteiger partial charge is 0.237 e. The van der Waals surface area contributed by atoms with Crippen LogP contribution in [0.1, 0.15) is 6.92 Å². The lowest BCUT2D eigenvalue weighted by Crippen LogP contribution is -2.22. The molecular formula is C15H14N4OS. The molecule has 0 spiro atoms. The van der Waals surface area contributed by atoms with Crippen molar-refractivity contribution < 1.29 is 4.79 Å². The van der Waals surface area contributed by atoms with Crippen LogP contribution in [0.25, 0.3) is 10.9 Å². The molecule has 106 valence electrons. The van der Waals surface area contributed by atoms with Crippen molar-refractivity contribution >= 4 is 34.3 Å². The first-order valence-electron chi connectivity index (χ1n) is 6.54. The molecule has 1 amide bonds. The predicted molar refractivity (Wildman–Crippen MR) is 84.3 cm³/mol. The van der Waals surface area contributed by atoms with E-state index < -0.39 is 0 Å². The van der Waals surface area contributed by atoms with Gasteiger partial charge >= 0.3 is 0 Å². The van der Waals surface area contributed by atoms with Gasteiger partial charge in [-0.25, -0.2) is 4.98 Å². The Morgan fingerprint density at radius 2 is 2.19 bits per heavy atom. The number of thioether (sulfide) groups is 1. The molecular weight excluding hydrogens is 284 g/mol. The van der Waals surface area contributed by atoms with Crippen molar-refractivity contribution in [1.29, 1.82) is 0 Å². The topological polar surface area (TPSA) is 70.7 Å². The molecule has 2 heterocycles. The number of H-pyrrole nitrogens is 1. The molecule has 2 aromatic heterocycles. The normalized spacial score (nSPS) is 12.2. The number of aromatic nitrogens is 3. The average molecular weight is 298 g/mol. The maximum absolute atomic E-state index is 12.3. The third-order valence-corrected chi connectivity index (χ3v) is 4.09. The Morgan fingerprint density at radius 1 is 1.29 bits per heavy atom. The summed E-state index contributed by atoms with van der Waals surface area (Å²) in [6.07, 6.45) is 3.45. The highest BCUT2D eigenvalue weighted by atomic mass is 32.2. The molecule has 3 rings (SSSR count). The van der Waals surface area contributed by atoms with Crippen molar-refractivity contribution in [3.05, 3.63) is 48.8 Å². The van der Waals surface area contributed by atoms with Gasteiger partial charge < -0.3 is 5.32 Å². The van der Waals surface area contributed by atoms with E-state index in [9.17, 15) is 4.79 Å². The van der Waals surface area contributed by atoms with Crippen LogP contribution >= 0.6 is 11.8 Å². The maximum atomic E-state index is 12.3. The number of hydrogen-bond donors (Lipinski definition) is 2. The Hall–Kier alpha value is -2.34. The Labute approximate surface area is 126 Å². The van der Waals surface area contributed by atoms with Crippen molar-refractivity contribution in [3.8, 4) is 0 Å². The second-order valence-corrected chi connectivity index (χ2v) is 5.92. The first-order valence-corrected chi connectivity index (χ1v) is 7.42. The van der Waals surface area contributed by atoms with E-state index in [1.807, 2.05) is 43.3 Å². The summed E-state index contributed by atoms with van der Waals surface area (Å²) in [6, 6.07) is 11.4. The van der Waals surface area contributed by atoms with Gasteiger partial charge in [-0.3, -0.25) is 9.89 Å². The van der Waals surface area contributed by atoms with Crippen LogP contribution in [0.15, 0.2) is 53.8 Å². The molecule has 0 aliphatic rings. The Bertz CT molecular complexity index is 756. The summed E-state index contributed by atoms with van der Waals surface area (Å²) >= 11 is 1.43. The van der Waals surface area contributed by atoms with Crippen molar-refractivity contribution in [1.82, 2.24) is 15.2 Å². The number of benzene rings is 1.